The van der Waals surface area contributed by atoms with Crippen LogP contribution in [0.1, 0.15) is 26.7 Å². The molecule has 0 radical (unpaired) electrons. The van der Waals surface area contributed by atoms with Gasteiger partial charge < -0.3 is 15.1 Å². The quantitative estimate of drug-likeness (QED) is 0.351. The SMILES string of the molecule is CCN(CC)C(=O)[C@H]1CCCN(C(=S)Nc2ccc3nc(-c4ccccn4)c(-c4ccccn4)nc3c2)C1. The fourth-order valence-electron chi connectivity index (χ4n) is 4.85. The molecular formula is C29H31N7OS. The number of nitrogens with zero attached hydrogens (tertiary/aromatic N) is 6. The minimum absolute atomic E-state index is 0.0307. The van der Waals surface area contributed by atoms with E-state index in [1.54, 1.807) is 12.4 Å². The Morgan fingerprint density at radius 2 is 1.63 bits per heavy atom. The molecule has 0 bridgehead atoms. The number of benzene rings is 1. The molecule has 1 amide bonds. The fraction of sp³-hybridized carbons (Fsp3) is 0.310. The second-order valence-corrected chi connectivity index (χ2v) is 9.67. The number of carbonyl (C=O) groups excluding carboxylic acids is 1. The maximum absolute atomic E-state index is 12.9. The molecule has 3 aromatic heterocycles. The van der Waals surface area contributed by atoms with E-state index in [1.807, 2.05) is 73.3 Å². The summed E-state index contributed by atoms with van der Waals surface area (Å²) < 4.78 is 0. The van der Waals surface area contributed by atoms with Crippen molar-refractivity contribution >= 4 is 40.0 Å². The van der Waals surface area contributed by atoms with Crippen molar-refractivity contribution in [3.05, 3.63) is 67.0 Å². The first-order valence-electron chi connectivity index (χ1n) is 13.1. The summed E-state index contributed by atoms with van der Waals surface area (Å²) in [6.45, 7) is 6.97. The van der Waals surface area contributed by atoms with Gasteiger partial charge in [0, 0.05) is 44.3 Å². The summed E-state index contributed by atoms with van der Waals surface area (Å²) in [6.07, 6.45) is 5.33. The topological polar surface area (TPSA) is 87.1 Å². The lowest BCUT2D eigenvalue weighted by Gasteiger charge is -2.36. The number of hydrogen-bond donors (Lipinski definition) is 1. The smallest absolute Gasteiger partial charge is 0.227 e. The maximum atomic E-state index is 12.9. The van der Waals surface area contributed by atoms with Crippen molar-refractivity contribution in [2.75, 3.05) is 31.5 Å². The highest BCUT2D eigenvalue weighted by Crippen LogP contribution is 2.30. The third-order valence-corrected chi connectivity index (χ3v) is 7.22. The van der Waals surface area contributed by atoms with Gasteiger partial charge in [0.05, 0.1) is 28.3 Å². The van der Waals surface area contributed by atoms with Crippen LogP contribution in [0.3, 0.4) is 0 Å². The molecule has 8 nitrogen and oxygen atoms in total. The second-order valence-electron chi connectivity index (χ2n) is 9.28. The highest BCUT2D eigenvalue weighted by Gasteiger charge is 2.29. The number of piperidine rings is 1. The Hall–Kier alpha value is -3.98. The Morgan fingerprint density at radius 3 is 2.24 bits per heavy atom. The summed E-state index contributed by atoms with van der Waals surface area (Å²) >= 11 is 5.76. The van der Waals surface area contributed by atoms with Gasteiger partial charge in [-0.3, -0.25) is 14.8 Å². The van der Waals surface area contributed by atoms with E-state index in [2.05, 4.69) is 20.2 Å². The molecule has 1 aliphatic heterocycles. The van der Waals surface area contributed by atoms with Gasteiger partial charge in [-0.2, -0.15) is 0 Å². The molecule has 9 heteroatoms. The number of pyridine rings is 2. The lowest BCUT2D eigenvalue weighted by Crippen LogP contribution is -2.47. The minimum atomic E-state index is -0.0307. The summed E-state index contributed by atoms with van der Waals surface area (Å²) in [6, 6.07) is 17.3. The number of fused-ring (bicyclic) bond motifs is 1. The molecule has 0 spiro atoms. The van der Waals surface area contributed by atoms with Gasteiger partial charge in [0.2, 0.25) is 5.91 Å². The van der Waals surface area contributed by atoms with E-state index in [4.69, 9.17) is 22.2 Å². The monoisotopic (exact) mass is 525 g/mol. The van der Waals surface area contributed by atoms with Gasteiger partial charge in [0.25, 0.3) is 0 Å². The number of likely N-dealkylation sites (tertiary alicyclic amines) is 1. The third-order valence-electron chi connectivity index (χ3n) is 6.86. The molecule has 4 heterocycles. The molecular weight excluding hydrogens is 494 g/mol. The Labute approximate surface area is 228 Å². The molecule has 0 saturated carbocycles. The summed E-state index contributed by atoms with van der Waals surface area (Å²) in [7, 11) is 0. The molecule has 38 heavy (non-hydrogen) atoms. The van der Waals surface area contributed by atoms with Gasteiger partial charge in [-0.05, 0) is 81.4 Å². The number of nitrogens with one attached hydrogen (secondary N) is 1. The van der Waals surface area contributed by atoms with E-state index in [-0.39, 0.29) is 11.8 Å². The Morgan fingerprint density at radius 1 is 0.974 bits per heavy atom. The number of anilines is 1. The van der Waals surface area contributed by atoms with E-state index < -0.39 is 0 Å². The van der Waals surface area contributed by atoms with Crippen molar-refractivity contribution < 1.29 is 4.79 Å². The van der Waals surface area contributed by atoms with Gasteiger partial charge in [-0.1, -0.05) is 12.1 Å². The van der Waals surface area contributed by atoms with Gasteiger partial charge in [-0.25, -0.2) is 9.97 Å². The number of carbonyl (C=O) groups is 1. The standard InChI is InChI=1S/C29H31N7OS/c1-3-35(4-2)28(37)20-10-9-17-36(19-20)29(38)32-21-13-14-22-25(18-21)34-27(24-12-6-8-16-31-24)26(33-22)23-11-5-7-15-30-23/h5-8,11-16,18,20H,3-4,9-10,17,19H2,1-2H3,(H,32,38)/t20-/m0/s1. The molecule has 1 fully saturated rings. The Bertz CT molecular complexity index is 1430. The first kappa shape index (κ1) is 25.7. The number of rotatable bonds is 6. The van der Waals surface area contributed by atoms with E-state index in [0.29, 0.717) is 23.0 Å². The third kappa shape index (κ3) is 5.47. The lowest BCUT2D eigenvalue weighted by atomic mass is 9.96. The van der Waals surface area contributed by atoms with Crippen molar-refractivity contribution in [2.45, 2.75) is 26.7 Å². The zero-order chi connectivity index (χ0) is 26.5. The predicted molar refractivity (Wildman–Crippen MR) is 154 cm³/mol. The molecule has 1 aliphatic rings. The molecule has 1 saturated heterocycles. The van der Waals surface area contributed by atoms with Crippen LogP contribution in [0, 0.1) is 5.92 Å². The molecule has 1 aromatic carbocycles. The van der Waals surface area contributed by atoms with Crippen LogP contribution in [-0.4, -0.2) is 66.9 Å². The number of thiocarbonyl (C=S) groups is 1. The summed E-state index contributed by atoms with van der Waals surface area (Å²) in [5.74, 6) is 0.186. The van der Waals surface area contributed by atoms with Gasteiger partial charge in [0.15, 0.2) is 5.11 Å². The number of hydrogen-bond acceptors (Lipinski definition) is 6. The largest absolute Gasteiger partial charge is 0.348 e. The molecule has 1 atom stereocenters. The molecule has 5 rings (SSSR count). The van der Waals surface area contributed by atoms with Crippen molar-refractivity contribution in [1.29, 1.82) is 0 Å². The average Bonchev–Trinajstić information content (AvgIpc) is 2.98. The van der Waals surface area contributed by atoms with E-state index in [1.165, 1.54) is 0 Å². The highest BCUT2D eigenvalue weighted by atomic mass is 32.1. The van der Waals surface area contributed by atoms with Crippen molar-refractivity contribution in [3.8, 4) is 22.8 Å². The van der Waals surface area contributed by atoms with Gasteiger partial charge in [0.1, 0.15) is 11.4 Å². The van der Waals surface area contributed by atoms with E-state index in [0.717, 1.165) is 60.6 Å². The lowest BCUT2D eigenvalue weighted by molar-refractivity contribution is -0.136. The number of amides is 1. The van der Waals surface area contributed by atoms with Crippen molar-refractivity contribution in [3.63, 3.8) is 0 Å². The molecule has 0 unspecified atom stereocenters. The van der Waals surface area contributed by atoms with Crippen LogP contribution < -0.4 is 5.32 Å². The first-order chi connectivity index (χ1) is 18.6. The maximum Gasteiger partial charge on any atom is 0.227 e. The van der Waals surface area contributed by atoms with Crippen LogP contribution in [0.2, 0.25) is 0 Å². The van der Waals surface area contributed by atoms with Gasteiger partial charge >= 0.3 is 0 Å². The fourth-order valence-corrected chi connectivity index (χ4v) is 5.14. The normalized spacial score (nSPS) is 15.3. The zero-order valence-electron chi connectivity index (χ0n) is 21.7. The summed E-state index contributed by atoms with van der Waals surface area (Å²) in [4.78, 5) is 35.8. The van der Waals surface area contributed by atoms with Crippen LogP contribution in [0.15, 0.2) is 67.0 Å². The minimum Gasteiger partial charge on any atom is -0.348 e. The molecule has 1 N–H and O–H groups in total. The zero-order valence-corrected chi connectivity index (χ0v) is 22.5. The second kappa shape index (κ2) is 11.6. The van der Waals surface area contributed by atoms with Crippen LogP contribution in [0.4, 0.5) is 5.69 Å². The van der Waals surface area contributed by atoms with Gasteiger partial charge in [-0.15, -0.1) is 0 Å². The highest BCUT2D eigenvalue weighted by molar-refractivity contribution is 7.80. The molecule has 194 valence electrons. The number of aromatic nitrogens is 4. The van der Waals surface area contributed by atoms with Crippen LogP contribution >= 0.6 is 12.2 Å². The Balaban J connectivity index is 1.40. The first-order valence-corrected chi connectivity index (χ1v) is 13.5. The molecule has 4 aromatic rings. The summed E-state index contributed by atoms with van der Waals surface area (Å²) in [5, 5.41) is 3.98. The van der Waals surface area contributed by atoms with Crippen molar-refractivity contribution in [1.82, 2.24) is 29.7 Å². The predicted octanol–water partition coefficient (Wildman–Crippen LogP) is 5.03. The molecule has 0 aliphatic carbocycles. The van der Waals surface area contributed by atoms with Crippen molar-refractivity contribution in [2.24, 2.45) is 5.92 Å². The van der Waals surface area contributed by atoms with Crippen LogP contribution in [0.5, 0.6) is 0 Å². The van der Waals surface area contributed by atoms with E-state index in [9.17, 15) is 4.79 Å². The van der Waals surface area contributed by atoms with Crippen LogP contribution in [-0.2, 0) is 4.79 Å². The summed E-state index contributed by atoms with van der Waals surface area (Å²) in [5.41, 5.74) is 5.14. The van der Waals surface area contributed by atoms with E-state index >= 15 is 0 Å². The van der Waals surface area contributed by atoms with Crippen LogP contribution in [0.25, 0.3) is 33.8 Å². The average molecular weight is 526 g/mol. The Kier molecular flexibility index (Phi) is 7.83.